The number of nitrogens with one attached hydrogen (secondary N) is 1. The van der Waals surface area contributed by atoms with E-state index in [4.69, 9.17) is 0 Å². The molecule has 1 rings (SSSR count). The van der Waals surface area contributed by atoms with Gasteiger partial charge in [0.05, 0.1) is 0 Å². The van der Waals surface area contributed by atoms with Crippen LogP contribution in [0.4, 0.5) is 0 Å². The van der Waals surface area contributed by atoms with E-state index >= 15 is 0 Å². The predicted molar refractivity (Wildman–Crippen MR) is 84.7 cm³/mol. The molecule has 3 nitrogen and oxygen atoms in total. The largest absolute Gasteiger partial charge is 0.314 e. The second-order valence-electron chi connectivity index (χ2n) is 6.68. The van der Waals surface area contributed by atoms with E-state index in [-0.39, 0.29) is 0 Å². The Balaban J connectivity index is 2.55. The summed E-state index contributed by atoms with van der Waals surface area (Å²) in [5, 5.41) is 3.67. The summed E-state index contributed by atoms with van der Waals surface area (Å²) in [6, 6.07) is 0.591. The SMILES string of the molecule is CCC(CC)(CNC(C)C)CN1CCCN(C)CC1. The van der Waals surface area contributed by atoms with E-state index in [2.05, 4.69) is 49.9 Å². The van der Waals surface area contributed by atoms with Crippen molar-refractivity contribution in [2.24, 2.45) is 5.41 Å². The van der Waals surface area contributed by atoms with Crippen LogP contribution >= 0.6 is 0 Å². The molecule has 114 valence electrons. The molecule has 1 saturated heterocycles. The monoisotopic (exact) mass is 269 g/mol. The van der Waals surface area contributed by atoms with Gasteiger partial charge in [-0.2, -0.15) is 0 Å². The molecule has 0 aromatic carbocycles. The highest BCUT2D eigenvalue weighted by atomic mass is 15.2. The zero-order valence-electron chi connectivity index (χ0n) is 13.8. The Labute approximate surface area is 120 Å². The fourth-order valence-corrected chi connectivity index (χ4v) is 2.93. The Hall–Kier alpha value is -0.120. The first kappa shape index (κ1) is 16.9. The van der Waals surface area contributed by atoms with Crippen molar-refractivity contribution in [2.45, 2.75) is 53.0 Å². The van der Waals surface area contributed by atoms with Gasteiger partial charge in [-0.3, -0.25) is 0 Å². The topological polar surface area (TPSA) is 18.5 Å². The van der Waals surface area contributed by atoms with Gasteiger partial charge >= 0.3 is 0 Å². The van der Waals surface area contributed by atoms with Crippen molar-refractivity contribution in [3.05, 3.63) is 0 Å². The fourth-order valence-electron chi connectivity index (χ4n) is 2.93. The lowest BCUT2D eigenvalue weighted by molar-refractivity contribution is 0.135. The summed E-state index contributed by atoms with van der Waals surface area (Å²) in [5.74, 6) is 0. The molecule has 3 heteroatoms. The molecule has 1 fully saturated rings. The van der Waals surface area contributed by atoms with Crippen molar-refractivity contribution in [1.29, 1.82) is 0 Å². The number of nitrogens with zero attached hydrogens (tertiary/aromatic N) is 2. The van der Waals surface area contributed by atoms with Crippen LogP contribution < -0.4 is 5.32 Å². The highest BCUT2D eigenvalue weighted by Crippen LogP contribution is 2.27. The van der Waals surface area contributed by atoms with E-state index < -0.39 is 0 Å². The van der Waals surface area contributed by atoms with Crippen LogP contribution in [0.5, 0.6) is 0 Å². The molecule has 0 bridgehead atoms. The maximum atomic E-state index is 3.67. The average molecular weight is 269 g/mol. The van der Waals surface area contributed by atoms with Crippen molar-refractivity contribution < 1.29 is 0 Å². The molecule has 0 aliphatic carbocycles. The van der Waals surface area contributed by atoms with Crippen molar-refractivity contribution in [1.82, 2.24) is 15.1 Å². The molecule has 1 N–H and O–H groups in total. The van der Waals surface area contributed by atoms with Gasteiger partial charge in [-0.05, 0) is 44.8 Å². The summed E-state index contributed by atoms with van der Waals surface area (Å²) >= 11 is 0. The number of likely N-dealkylation sites (N-methyl/N-ethyl adjacent to an activating group) is 1. The summed E-state index contributed by atoms with van der Waals surface area (Å²) in [4.78, 5) is 5.16. The smallest absolute Gasteiger partial charge is 0.0109 e. The maximum absolute atomic E-state index is 3.67. The molecule has 1 aliphatic rings. The van der Waals surface area contributed by atoms with Crippen LogP contribution in [-0.2, 0) is 0 Å². The van der Waals surface area contributed by atoms with E-state index in [0.717, 1.165) is 6.54 Å². The minimum atomic E-state index is 0.452. The molecule has 0 saturated carbocycles. The summed E-state index contributed by atoms with van der Waals surface area (Å²) in [5.41, 5.74) is 0.452. The normalized spacial score (nSPS) is 19.9. The molecule has 0 atom stereocenters. The zero-order valence-corrected chi connectivity index (χ0v) is 13.8. The van der Waals surface area contributed by atoms with Crippen molar-refractivity contribution in [3.63, 3.8) is 0 Å². The third kappa shape index (κ3) is 5.80. The molecule has 0 unspecified atom stereocenters. The third-order valence-corrected chi connectivity index (χ3v) is 4.76. The van der Waals surface area contributed by atoms with Crippen LogP contribution in [0, 0.1) is 5.41 Å². The van der Waals surface area contributed by atoms with Gasteiger partial charge in [-0.15, -0.1) is 0 Å². The van der Waals surface area contributed by atoms with Gasteiger partial charge in [-0.25, -0.2) is 0 Å². The highest BCUT2D eigenvalue weighted by Gasteiger charge is 2.29. The van der Waals surface area contributed by atoms with Crippen molar-refractivity contribution >= 4 is 0 Å². The van der Waals surface area contributed by atoms with E-state index in [0.29, 0.717) is 11.5 Å². The molecule has 1 heterocycles. The molecule has 1 aliphatic heterocycles. The van der Waals surface area contributed by atoms with E-state index in [1.54, 1.807) is 0 Å². The van der Waals surface area contributed by atoms with Gasteiger partial charge in [0.1, 0.15) is 0 Å². The Kier molecular flexibility index (Phi) is 7.33. The van der Waals surface area contributed by atoms with E-state index in [9.17, 15) is 0 Å². The van der Waals surface area contributed by atoms with Crippen LogP contribution in [0.25, 0.3) is 0 Å². The fraction of sp³-hybridized carbons (Fsp3) is 1.00. The lowest BCUT2D eigenvalue weighted by Gasteiger charge is -2.38. The first-order valence-electron chi connectivity index (χ1n) is 8.15. The third-order valence-electron chi connectivity index (χ3n) is 4.76. The molecule has 0 aromatic heterocycles. The number of rotatable bonds is 7. The molecular formula is C16H35N3. The van der Waals surface area contributed by atoms with Gasteiger partial charge in [0.25, 0.3) is 0 Å². The van der Waals surface area contributed by atoms with Crippen LogP contribution in [0.2, 0.25) is 0 Å². The minimum absolute atomic E-state index is 0.452. The second-order valence-corrected chi connectivity index (χ2v) is 6.68. The van der Waals surface area contributed by atoms with E-state index in [1.165, 1.54) is 52.0 Å². The Morgan fingerprint density at radius 2 is 1.74 bits per heavy atom. The predicted octanol–water partition coefficient (Wildman–Crippen LogP) is 2.43. The molecular weight excluding hydrogens is 234 g/mol. The van der Waals surface area contributed by atoms with Crippen LogP contribution in [0.1, 0.15) is 47.0 Å². The summed E-state index contributed by atoms with van der Waals surface area (Å²) in [7, 11) is 2.25. The summed E-state index contributed by atoms with van der Waals surface area (Å²) in [6.07, 6.45) is 3.86. The standard InChI is InChI=1S/C16H35N3/c1-6-16(7-2,13-17-15(3)4)14-19-10-8-9-18(5)11-12-19/h15,17H,6-14H2,1-5H3. The van der Waals surface area contributed by atoms with Gasteiger partial charge < -0.3 is 15.1 Å². The summed E-state index contributed by atoms with van der Waals surface area (Å²) in [6.45, 7) is 16.6. The van der Waals surface area contributed by atoms with Crippen LogP contribution in [0.15, 0.2) is 0 Å². The van der Waals surface area contributed by atoms with Gasteiger partial charge in [0.2, 0.25) is 0 Å². The zero-order chi connectivity index (χ0) is 14.3. The van der Waals surface area contributed by atoms with Crippen molar-refractivity contribution in [3.8, 4) is 0 Å². The van der Waals surface area contributed by atoms with Gasteiger partial charge in [-0.1, -0.05) is 27.7 Å². The molecule has 0 spiro atoms. The number of hydrogen-bond acceptors (Lipinski definition) is 3. The summed E-state index contributed by atoms with van der Waals surface area (Å²) < 4.78 is 0. The molecule has 0 amide bonds. The Morgan fingerprint density at radius 3 is 2.32 bits per heavy atom. The van der Waals surface area contributed by atoms with Gasteiger partial charge in [0.15, 0.2) is 0 Å². The molecule has 0 aromatic rings. The lowest BCUT2D eigenvalue weighted by Crippen LogP contribution is -2.46. The van der Waals surface area contributed by atoms with E-state index in [1.807, 2.05) is 0 Å². The van der Waals surface area contributed by atoms with Gasteiger partial charge in [0, 0.05) is 32.2 Å². The second kappa shape index (κ2) is 8.23. The lowest BCUT2D eigenvalue weighted by atomic mass is 9.81. The average Bonchev–Trinajstić information content (AvgIpc) is 2.59. The molecule has 0 radical (unpaired) electrons. The Morgan fingerprint density at radius 1 is 1.05 bits per heavy atom. The first-order chi connectivity index (χ1) is 9.01. The van der Waals surface area contributed by atoms with Crippen molar-refractivity contribution in [2.75, 3.05) is 46.3 Å². The number of hydrogen-bond donors (Lipinski definition) is 1. The Bertz CT molecular complexity index is 236. The quantitative estimate of drug-likeness (QED) is 0.766. The first-order valence-corrected chi connectivity index (χ1v) is 8.15. The molecule has 19 heavy (non-hydrogen) atoms. The van der Waals surface area contributed by atoms with Crippen LogP contribution in [0.3, 0.4) is 0 Å². The van der Waals surface area contributed by atoms with Crippen LogP contribution in [-0.4, -0.2) is 62.2 Å². The highest BCUT2D eigenvalue weighted by molar-refractivity contribution is 4.84. The minimum Gasteiger partial charge on any atom is -0.314 e. The maximum Gasteiger partial charge on any atom is 0.0109 e.